The second-order valence-electron chi connectivity index (χ2n) is 7.15. The van der Waals surface area contributed by atoms with E-state index in [1.54, 1.807) is 0 Å². The van der Waals surface area contributed by atoms with Crippen LogP contribution in [0.3, 0.4) is 0 Å². The number of hydrogen-bond donors (Lipinski definition) is 1. The van der Waals surface area contributed by atoms with E-state index in [1.807, 2.05) is 18.2 Å². The van der Waals surface area contributed by atoms with E-state index in [1.165, 1.54) is 32.1 Å². The van der Waals surface area contributed by atoms with Gasteiger partial charge < -0.3 is 9.64 Å². The lowest BCUT2D eigenvalue weighted by molar-refractivity contribution is -0.0468. The molecule has 0 saturated carbocycles. The standard InChI is InChI=1S/C20H30N2O2/c1-3-5-6-9-16(4-2)22-14-12-20(13-15-22)17-10-7-8-11-18(17)21-19(23)24-20/h7-8,10-11,16H,3-6,9,12-15H2,1-2H3,(H,21,23). The van der Waals surface area contributed by atoms with Crippen molar-refractivity contribution in [3.63, 3.8) is 0 Å². The summed E-state index contributed by atoms with van der Waals surface area (Å²) >= 11 is 0. The molecule has 1 atom stereocenters. The van der Waals surface area contributed by atoms with Crippen molar-refractivity contribution in [3.05, 3.63) is 29.8 Å². The van der Waals surface area contributed by atoms with Crippen molar-refractivity contribution >= 4 is 11.8 Å². The minimum atomic E-state index is -0.433. The Morgan fingerprint density at radius 3 is 2.67 bits per heavy atom. The minimum absolute atomic E-state index is 0.308. The van der Waals surface area contributed by atoms with Crippen LogP contribution in [0, 0.1) is 0 Å². The largest absolute Gasteiger partial charge is 0.438 e. The number of anilines is 1. The lowest BCUT2D eigenvalue weighted by Gasteiger charge is -2.46. The Kier molecular flexibility index (Phi) is 5.44. The van der Waals surface area contributed by atoms with Crippen LogP contribution in [-0.2, 0) is 10.3 Å². The maximum absolute atomic E-state index is 12.0. The number of nitrogens with one attached hydrogen (secondary N) is 1. The first-order chi connectivity index (χ1) is 11.7. The van der Waals surface area contributed by atoms with E-state index >= 15 is 0 Å². The van der Waals surface area contributed by atoms with Crippen LogP contribution in [0.1, 0.15) is 64.4 Å². The van der Waals surface area contributed by atoms with E-state index < -0.39 is 5.60 Å². The highest BCUT2D eigenvalue weighted by molar-refractivity contribution is 5.88. The third-order valence-electron chi connectivity index (χ3n) is 5.68. The number of likely N-dealkylation sites (tertiary alicyclic amines) is 1. The van der Waals surface area contributed by atoms with Crippen molar-refractivity contribution < 1.29 is 9.53 Å². The Morgan fingerprint density at radius 2 is 1.96 bits per heavy atom. The third-order valence-corrected chi connectivity index (χ3v) is 5.68. The summed E-state index contributed by atoms with van der Waals surface area (Å²) in [5, 5.41) is 2.84. The lowest BCUT2D eigenvalue weighted by atomic mass is 9.81. The Morgan fingerprint density at radius 1 is 1.21 bits per heavy atom. The van der Waals surface area contributed by atoms with E-state index in [4.69, 9.17) is 4.74 Å². The summed E-state index contributed by atoms with van der Waals surface area (Å²) in [5.74, 6) is 0. The van der Waals surface area contributed by atoms with Gasteiger partial charge in [0.1, 0.15) is 5.60 Å². The molecule has 24 heavy (non-hydrogen) atoms. The lowest BCUT2D eigenvalue weighted by Crippen LogP contribution is -2.50. The molecule has 1 N–H and O–H groups in total. The van der Waals surface area contributed by atoms with E-state index in [0.29, 0.717) is 6.04 Å². The fraction of sp³-hybridized carbons (Fsp3) is 0.650. The summed E-state index contributed by atoms with van der Waals surface area (Å²) in [6, 6.07) is 8.75. The average molecular weight is 330 g/mol. The molecule has 1 spiro atoms. The number of amides is 1. The van der Waals surface area contributed by atoms with Gasteiger partial charge in [0.05, 0.1) is 5.69 Å². The first-order valence-corrected chi connectivity index (χ1v) is 9.52. The van der Waals surface area contributed by atoms with Crippen LogP contribution in [0.2, 0.25) is 0 Å². The fourth-order valence-electron chi connectivity index (χ4n) is 4.25. The van der Waals surface area contributed by atoms with Crippen LogP contribution < -0.4 is 5.32 Å². The normalized spacial score (nSPS) is 21.0. The van der Waals surface area contributed by atoms with Crippen LogP contribution in [0.5, 0.6) is 0 Å². The predicted octanol–water partition coefficient (Wildman–Crippen LogP) is 4.90. The van der Waals surface area contributed by atoms with Crippen molar-refractivity contribution in [2.45, 2.75) is 70.4 Å². The number of ether oxygens (including phenoxy) is 1. The summed E-state index contributed by atoms with van der Waals surface area (Å²) in [4.78, 5) is 14.6. The molecule has 4 nitrogen and oxygen atoms in total. The van der Waals surface area contributed by atoms with E-state index in [0.717, 1.165) is 37.2 Å². The van der Waals surface area contributed by atoms with Gasteiger partial charge in [-0.25, -0.2) is 4.79 Å². The quantitative estimate of drug-likeness (QED) is 0.754. The van der Waals surface area contributed by atoms with Gasteiger partial charge in [-0.2, -0.15) is 0 Å². The Balaban J connectivity index is 1.69. The highest BCUT2D eigenvalue weighted by Gasteiger charge is 2.44. The molecule has 1 amide bonds. The number of fused-ring (bicyclic) bond motifs is 2. The fourth-order valence-corrected chi connectivity index (χ4v) is 4.25. The first-order valence-electron chi connectivity index (χ1n) is 9.52. The van der Waals surface area contributed by atoms with Gasteiger partial charge in [0.2, 0.25) is 0 Å². The van der Waals surface area contributed by atoms with Crippen molar-refractivity contribution in [3.8, 4) is 0 Å². The molecule has 0 bridgehead atoms. The number of unbranched alkanes of at least 4 members (excludes halogenated alkanes) is 2. The molecule has 1 unspecified atom stereocenters. The molecule has 0 aliphatic carbocycles. The SMILES string of the molecule is CCCCCC(CC)N1CCC2(CC1)OC(=O)Nc1ccccc12. The summed E-state index contributed by atoms with van der Waals surface area (Å²) in [6.45, 7) is 6.56. The number of rotatable bonds is 6. The number of carbonyl (C=O) groups is 1. The molecule has 1 saturated heterocycles. The number of carbonyl (C=O) groups excluding carboxylic acids is 1. The van der Waals surface area contributed by atoms with Crippen LogP contribution in [0.25, 0.3) is 0 Å². The Labute approximate surface area is 145 Å². The maximum Gasteiger partial charge on any atom is 0.412 e. The zero-order valence-electron chi connectivity index (χ0n) is 15.0. The van der Waals surface area contributed by atoms with Gasteiger partial charge in [-0.15, -0.1) is 0 Å². The van der Waals surface area contributed by atoms with Gasteiger partial charge in [-0.3, -0.25) is 5.32 Å². The summed E-state index contributed by atoms with van der Waals surface area (Å²) in [5.41, 5.74) is 1.62. The van der Waals surface area contributed by atoms with E-state index in [9.17, 15) is 4.79 Å². The second-order valence-corrected chi connectivity index (χ2v) is 7.15. The molecule has 1 aromatic rings. The first kappa shape index (κ1) is 17.3. The number of piperidine rings is 1. The molecular formula is C20H30N2O2. The van der Waals surface area contributed by atoms with E-state index in [-0.39, 0.29) is 6.09 Å². The number of hydrogen-bond acceptors (Lipinski definition) is 3. The second kappa shape index (κ2) is 7.56. The number of benzene rings is 1. The van der Waals surface area contributed by atoms with Gasteiger partial charge in [0.25, 0.3) is 0 Å². The smallest absolute Gasteiger partial charge is 0.412 e. The molecule has 132 valence electrons. The number of nitrogens with zero attached hydrogens (tertiary/aromatic N) is 1. The van der Waals surface area contributed by atoms with Crippen molar-refractivity contribution in [1.29, 1.82) is 0 Å². The highest BCUT2D eigenvalue weighted by atomic mass is 16.6. The zero-order valence-corrected chi connectivity index (χ0v) is 15.0. The van der Waals surface area contributed by atoms with Crippen molar-refractivity contribution in [1.82, 2.24) is 4.90 Å². The van der Waals surface area contributed by atoms with Crippen molar-refractivity contribution in [2.24, 2.45) is 0 Å². The monoisotopic (exact) mass is 330 g/mol. The van der Waals surface area contributed by atoms with Crippen LogP contribution in [0.4, 0.5) is 10.5 Å². The van der Waals surface area contributed by atoms with E-state index in [2.05, 4.69) is 30.1 Å². The molecule has 2 aliphatic heterocycles. The molecule has 0 aromatic heterocycles. The number of para-hydroxylation sites is 1. The molecule has 2 heterocycles. The van der Waals surface area contributed by atoms with Gasteiger partial charge in [-0.05, 0) is 18.9 Å². The van der Waals surface area contributed by atoms with Gasteiger partial charge >= 0.3 is 6.09 Å². The maximum atomic E-state index is 12.0. The molecular weight excluding hydrogens is 300 g/mol. The van der Waals surface area contributed by atoms with Crippen LogP contribution in [-0.4, -0.2) is 30.1 Å². The Hall–Kier alpha value is -1.55. The molecule has 1 aromatic carbocycles. The highest BCUT2D eigenvalue weighted by Crippen LogP contribution is 2.43. The van der Waals surface area contributed by atoms with Crippen LogP contribution >= 0.6 is 0 Å². The molecule has 4 heteroatoms. The van der Waals surface area contributed by atoms with Crippen LogP contribution in [0.15, 0.2) is 24.3 Å². The third kappa shape index (κ3) is 3.44. The molecule has 2 aliphatic rings. The van der Waals surface area contributed by atoms with Crippen molar-refractivity contribution in [2.75, 3.05) is 18.4 Å². The molecule has 1 fully saturated rings. The topological polar surface area (TPSA) is 41.6 Å². The summed E-state index contributed by atoms with van der Waals surface area (Å²) in [7, 11) is 0. The molecule has 0 radical (unpaired) electrons. The van der Waals surface area contributed by atoms with Gasteiger partial charge in [-0.1, -0.05) is 51.3 Å². The summed E-state index contributed by atoms with van der Waals surface area (Å²) < 4.78 is 5.82. The minimum Gasteiger partial charge on any atom is -0.438 e. The summed E-state index contributed by atoms with van der Waals surface area (Å²) in [6.07, 6.45) is 7.88. The van der Waals surface area contributed by atoms with Gasteiger partial charge in [0.15, 0.2) is 0 Å². The molecule has 3 rings (SSSR count). The predicted molar refractivity (Wildman–Crippen MR) is 97.3 cm³/mol. The Bertz CT molecular complexity index is 565. The zero-order chi connectivity index (χ0) is 17.0. The average Bonchev–Trinajstić information content (AvgIpc) is 2.60. The van der Waals surface area contributed by atoms with Gasteiger partial charge in [0, 0.05) is 37.5 Å².